The van der Waals surface area contributed by atoms with E-state index in [4.69, 9.17) is 0 Å². The zero-order chi connectivity index (χ0) is 8.55. The fourth-order valence-corrected chi connectivity index (χ4v) is 1.52. The van der Waals surface area contributed by atoms with Gasteiger partial charge in [-0.25, -0.2) is 9.98 Å². The van der Waals surface area contributed by atoms with Crippen molar-refractivity contribution in [1.82, 2.24) is 9.21 Å². The molecule has 0 aliphatic carbocycles. The molecule has 0 spiro atoms. The van der Waals surface area contributed by atoms with Crippen LogP contribution in [-0.2, 0) is 0 Å². The Hall–Kier alpha value is -0.970. The van der Waals surface area contributed by atoms with Crippen LogP contribution < -0.4 is 0 Å². The molecule has 2 heterocycles. The summed E-state index contributed by atoms with van der Waals surface area (Å²) < 4.78 is 1.80. The molecule has 0 aromatic heterocycles. The van der Waals surface area contributed by atoms with E-state index >= 15 is 0 Å². The summed E-state index contributed by atoms with van der Waals surface area (Å²) in [6, 6.07) is 0. The van der Waals surface area contributed by atoms with Crippen LogP contribution in [0, 0.1) is 0 Å². The minimum atomic E-state index is 0.769. The van der Waals surface area contributed by atoms with Gasteiger partial charge in [-0.3, -0.25) is 4.31 Å². The highest BCUT2D eigenvalue weighted by Crippen LogP contribution is 2.18. The van der Waals surface area contributed by atoms with E-state index in [9.17, 15) is 0 Å². The largest absolute Gasteiger partial charge is 0.357 e. The molecule has 0 unspecified atom stereocenters. The van der Waals surface area contributed by atoms with Crippen LogP contribution in [0.1, 0.15) is 6.92 Å². The molecule has 12 heavy (non-hydrogen) atoms. The molecule has 2 rings (SSSR count). The second-order valence-electron chi connectivity index (χ2n) is 2.66. The predicted octanol–water partition coefficient (Wildman–Crippen LogP) is 0.708. The van der Waals surface area contributed by atoms with E-state index in [0.29, 0.717) is 0 Å². The fraction of sp³-hybridized carbons (Fsp3) is 0.429. The smallest absolute Gasteiger partial charge is 0.169 e. The van der Waals surface area contributed by atoms with Crippen LogP contribution in [0.15, 0.2) is 21.9 Å². The molecular formula is C7H10N4S. The van der Waals surface area contributed by atoms with Gasteiger partial charge >= 0.3 is 0 Å². The maximum absolute atomic E-state index is 4.29. The summed E-state index contributed by atoms with van der Waals surface area (Å²) in [4.78, 5) is 10.3. The summed E-state index contributed by atoms with van der Waals surface area (Å²) in [6.45, 7) is 3.83. The van der Waals surface area contributed by atoms with E-state index < -0.39 is 0 Å². The monoisotopic (exact) mass is 182 g/mol. The van der Waals surface area contributed by atoms with Gasteiger partial charge in [-0.05, 0) is 6.92 Å². The second-order valence-corrected chi connectivity index (χ2v) is 3.14. The average molecular weight is 182 g/mol. The molecular weight excluding hydrogens is 172 g/mol. The van der Waals surface area contributed by atoms with E-state index in [1.165, 1.54) is 0 Å². The summed E-state index contributed by atoms with van der Waals surface area (Å²) in [5, 5.41) is 0. The fourth-order valence-electron chi connectivity index (χ4n) is 1.20. The molecule has 0 aromatic rings. The minimum absolute atomic E-state index is 0.769. The van der Waals surface area contributed by atoms with Crippen LogP contribution in [-0.4, -0.2) is 34.6 Å². The first-order valence-corrected chi connectivity index (χ1v) is 4.24. The molecule has 0 N–H and O–H groups in total. The van der Waals surface area contributed by atoms with Gasteiger partial charge < -0.3 is 4.90 Å². The van der Waals surface area contributed by atoms with Crippen LogP contribution in [0.3, 0.4) is 0 Å². The van der Waals surface area contributed by atoms with E-state index in [2.05, 4.69) is 34.6 Å². The maximum atomic E-state index is 4.29. The zero-order valence-electron chi connectivity index (χ0n) is 6.80. The number of thiol groups is 1. The Morgan fingerprint density at radius 3 is 3.25 bits per heavy atom. The molecule has 5 heteroatoms. The van der Waals surface area contributed by atoms with Crippen molar-refractivity contribution >= 4 is 25.0 Å². The Morgan fingerprint density at radius 2 is 2.50 bits per heavy atom. The van der Waals surface area contributed by atoms with Gasteiger partial charge in [0.15, 0.2) is 5.84 Å². The molecule has 0 saturated carbocycles. The highest BCUT2D eigenvalue weighted by Gasteiger charge is 2.22. The average Bonchev–Trinajstić information content (AvgIpc) is 2.52. The Balaban J connectivity index is 2.29. The lowest BCUT2D eigenvalue weighted by Gasteiger charge is -2.30. The van der Waals surface area contributed by atoms with Crippen molar-refractivity contribution in [3.8, 4) is 0 Å². The topological polar surface area (TPSA) is 31.2 Å². The number of rotatable bonds is 1. The minimum Gasteiger partial charge on any atom is -0.357 e. The Kier molecular flexibility index (Phi) is 1.80. The highest BCUT2D eigenvalue weighted by molar-refractivity contribution is 7.78. The highest BCUT2D eigenvalue weighted by atomic mass is 32.1. The number of nitrogens with zero attached hydrogens (tertiary/aromatic N) is 4. The lowest BCUT2D eigenvalue weighted by molar-refractivity contribution is 0.325. The van der Waals surface area contributed by atoms with Crippen molar-refractivity contribution < 1.29 is 0 Å². The standard InChI is InChI=1S/C7H10N4S/c1-2-10-3-6-7(9-4-8-6)11(12)5-10/h3-4,12H,2,5H2,1H3. The first-order chi connectivity index (χ1) is 5.81. The van der Waals surface area contributed by atoms with Crippen LogP contribution in [0.5, 0.6) is 0 Å². The summed E-state index contributed by atoms with van der Waals surface area (Å²) >= 11 is 4.29. The Bertz CT molecular complexity index is 281. The van der Waals surface area contributed by atoms with Gasteiger partial charge in [0.2, 0.25) is 0 Å². The molecule has 0 fully saturated rings. The van der Waals surface area contributed by atoms with Crippen molar-refractivity contribution in [2.75, 3.05) is 13.2 Å². The quantitative estimate of drug-likeness (QED) is 0.605. The second kappa shape index (κ2) is 2.82. The number of hydrogen-bond donors (Lipinski definition) is 1. The van der Waals surface area contributed by atoms with Crippen molar-refractivity contribution in [1.29, 1.82) is 0 Å². The maximum Gasteiger partial charge on any atom is 0.169 e. The van der Waals surface area contributed by atoms with Crippen LogP contribution in [0.2, 0.25) is 0 Å². The van der Waals surface area contributed by atoms with Gasteiger partial charge in [-0.2, -0.15) is 0 Å². The van der Waals surface area contributed by atoms with E-state index in [0.717, 1.165) is 24.7 Å². The lowest BCUT2D eigenvalue weighted by Crippen LogP contribution is -2.38. The molecule has 0 saturated heterocycles. The predicted molar refractivity (Wildman–Crippen MR) is 52.1 cm³/mol. The summed E-state index contributed by atoms with van der Waals surface area (Å²) in [6.07, 6.45) is 3.57. The normalized spacial score (nSPS) is 20.8. The summed E-state index contributed by atoms with van der Waals surface area (Å²) in [5.41, 5.74) is 0.901. The summed E-state index contributed by atoms with van der Waals surface area (Å²) in [5.74, 6) is 0.850. The van der Waals surface area contributed by atoms with Crippen molar-refractivity contribution in [2.45, 2.75) is 6.92 Å². The number of aliphatic imine (C=N–C) groups is 2. The van der Waals surface area contributed by atoms with Gasteiger partial charge in [0.05, 0.1) is 0 Å². The van der Waals surface area contributed by atoms with Gasteiger partial charge in [-0.15, -0.1) is 0 Å². The third-order valence-corrected chi connectivity index (χ3v) is 2.19. The first kappa shape index (κ1) is 7.67. The zero-order valence-corrected chi connectivity index (χ0v) is 7.70. The molecule has 0 amide bonds. The third-order valence-electron chi connectivity index (χ3n) is 1.88. The van der Waals surface area contributed by atoms with Crippen molar-refractivity contribution in [3.05, 3.63) is 11.9 Å². The SMILES string of the molecule is CCN1C=C2N=CN=C2N(S)C1. The Morgan fingerprint density at radius 1 is 1.67 bits per heavy atom. The van der Waals surface area contributed by atoms with E-state index in [1.54, 1.807) is 10.6 Å². The molecule has 0 bridgehead atoms. The van der Waals surface area contributed by atoms with Crippen molar-refractivity contribution in [2.24, 2.45) is 9.98 Å². The number of hydrogen-bond acceptors (Lipinski definition) is 5. The molecule has 0 radical (unpaired) electrons. The molecule has 0 atom stereocenters. The van der Waals surface area contributed by atoms with Crippen molar-refractivity contribution in [3.63, 3.8) is 0 Å². The van der Waals surface area contributed by atoms with Gasteiger partial charge in [0.1, 0.15) is 18.7 Å². The number of amidine groups is 1. The Labute approximate surface area is 76.8 Å². The van der Waals surface area contributed by atoms with Crippen LogP contribution in [0.4, 0.5) is 0 Å². The summed E-state index contributed by atoms with van der Waals surface area (Å²) in [7, 11) is 0. The van der Waals surface area contributed by atoms with Crippen LogP contribution >= 0.6 is 12.8 Å². The first-order valence-electron chi connectivity index (χ1n) is 3.84. The lowest BCUT2D eigenvalue weighted by atomic mass is 10.3. The van der Waals surface area contributed by atoms with Gasteiger partial charge in [0.25, 0.3) is 0 Å². The molecule has 0 aromatic carbocycles. The third kappa shape index (κ3) is 1.10. The molecule has 64 valence electrons. The van der Waals surface area contributed by atoms with E-state index in [1.807, 2.05) is 6.20 Å². The number of fused-ring (bicyclic) bond motifs is 1. The molecule has 2 aliphatic rings. The van der Waals surface area contributed by atoms with Gasteiger partial charge in [-0.1, -0.05) is 12.8 Å². The van der Waals surface area contributed by atoms with E-state index in [-0.39, 0.29) is 0 Å². The molecule has 2 aliphatic heterocycles. The van der Waals surface area contributed by atoms with Gasteiger partial charge in [0, 0.05) is 12.7 Å². The molecule has 4 nitrogen and oxygen atoms in total. The van der Waals surface area contributed by atoms with Crippen LogP contribution in [0.25, 0.3) is 0 Å².